The van der Waals surface area contributed by atoms with E-state index in [2.05, 4.69) is 53.6 Å². The minimum absolute atomic E-state index is 0.0921. The maximum absolute atomic E-state index is 12.8. The number of ketones is 1. The van der Waals surface area contributed by atoms with Gasteiger partial charge in [-0.3, -0.25) is 9.69 Å². The number of likely N-dealkylation sites (tertiary alicyclic amines) is 1. The van der Waals surface area contributed by atoms with E-state index < -0.39 is 17.5 Å². The summed E-state index contributed by atoms with van der Waals surface area (Å²) in [5, 5.41) is 15.6. The molecule has 2 aromatic rings. The first-order valence-corrected chi connectivity index (χ1v) is 18.6. The second-order valence-corrected chi connectivity index (χ2v) is 14.2. The maximum atomic E-state index is 12.8. The van der Waals surface area contributed by atoms with Crippen LogP contribution in [0.15, 0.2) is 76.7 Å². The van der Waals surface area contributed by atoms with E-state index in [1.807, 2.05) is 17.0 Å². The van der Waals surface area contributed by atoms with Gasteiger partial charge in [0.2, 0.25) is 0 Å². The number of rotatable bonds is 16. The number of nitrogens with zero attached hydrogens (tertiary/aromatic N) is 3. The summed E-state index contributed by atoms with van der Waals surface area (Å²) in [4.78, 5) is 53.1. The molecule has 1 spiro atoms. The Balaban J connectivity index is 0.000000627. The van der Waals surface area contributed by atoms with Crippen LogP contribution < -0.4 is 4.90 Å². The molecule has 1 amide bonds. The monoisotopic (exact) mass is 705 g/mol. The van der Waals surface area contributed by atoms with Gasteiger partial charge in [-0.15, -0.1) is 0 Å². The minimum Gasteiger partial charge on any atom is -0.478 e. The average molecular weight is 706 g/mol. The molecule has 0 radical (unpaired) electrons. The Hall–Kier alpha value is -4.09. The highest BCUT2D eigenvalue weighted by molar-refractivity contribution is 7.99. The fraction of sp³-hybridized carbons (Fsp3) is 0.487. The Labute approximate surface area is 300 Å². The third-order valence-electron chi connectivity index (χ3n) is 9.51. The number of unbranched alkanes of at least 4 members (excludes halogenated alkanes) is 7. The van der Waals surface area contributed by atoms with Gasteiger partial charge >= 0.3 is 18.0 Å². The van der Waals surface area contributed by atoms with Crippen molar-refractivity contribution in [1.82, 2.24) is 9.80 Å². The quantitative estimate of drug-likeness (QED) is 0.0996. The van der Waals surface area contributed by atoms with Crippen molar-refractivity contribution in [3.63, 3.8) is 0 Å². The van der Waals surface area contributed by atoms with Crippen LogP contribution in [0.3, 0.4) is 0 Å². The number of carbonyl (C=O) groups is 4. The van der Waals surface area contributed by atoms with E-state index in [0.29, 0.717) is 12.2 Å². The van der Waals surface area contributed by atoms with Crippen LogP contribution in [0.1, 0.15) is 94.8 Å². The number of piperidine rings is 1. The molecule has 0 bridgehead atoms. The summed E-state index contributed by atoms with van der Waals surface area (Å²) in [5.41, 5.74) is 3.42. The number of hydrogen-bond donors (Lipinski definition) is 2. The number of para-hydroxylation sites is 1. The number of amides is 1. The van der Waals surface area contributed by atoms with E-state index in [0.717, 1.165) is 81.8 Å². The molecule has 2 fully saturated rings. The number of hydrogen-bond acceptors (Lipinski definition) is 8. The molecule has 2 N–H and O–H groups in total. The Morgan fingerprint density at radius 1 is 0.820 bits per heavy atom. The second kappa shape index (κ2) is 18.8. The molecule has 2 aromatic carbocycles. The van der Waals surface area contributed by atoms with Gasteiger partial charge < -0.3 is 24.7 Å². The van der Waals surface area contributed by atoms with E-state index in [1.54, 1.807) is 18.7 Å². The van der Waals surface area contributed by atoms with Crippen LogP contribution >= 0.6 is 11.8 Å². The maximum Gasteiger partial charge on any atom is 0.415 e. The number of anilines is 2. The van der Waals surface area contributed by atoms with Crippen LogP contribution in [0.4, 0.5) is 16.2 Å². The highest BCUT2D eigenvalue weighted by Crippen LogP contribution is 2.48. The molecule has 0 aromatic heterocycles. The van der Waals surface area contributed by atoms with Gasteiger partial charge in [-0.25, -0.2) is 14.4 Å². The molecule has 3 aliphatic heterocycles. The van der Waals surface area contributed by atoms with Gasteiger partial charge in [-0.05, 0) is 50.6 Å². The van der Waals surface area contributed by atoms with E-state index in [-0.39, 0.29) is 11.9 Å². The van der Waals surface area contributed by atoms with E-state index in [4.69, 9.17) is 14.9 Å². The number of carboxylic acids is 2. The lowest BCUT2D eigenvalue weighted by molar-refractivity contribution is -0.134. The lowest BCUT2D eigenvalue weighted by Gasteiger charge is -2.39. The Morgan fingerprint density at radius 2 is 1.42 bits per heavy atom. The van der Waals surface area contributed by atoms with Gasteiger partial charge in [0.25, 0.3) is 0 Å². The Bertz CT molecular complexity index is 1530. The zero-order valence-electron chi connectivity index (χ0n) is 29.4. The van der Waals surface area contributed by atoms with E-state index >= 15 is 0 Å². The molecule has 0 unspecified atom stereocenters. The van der Waals surface area contributed by atoms with Gasteiger partial charge in [0.1, 0.15) is 0 Å². The van der Waals surface area contributed by atoms with Gasteiger partial charge in [0.15, 0.2) is 11.4 Å². The number of Topliss-reactive ketones (excluding diaryl/α,β-unsaturated/α-hetero) is 1. The molecule has 10 nitrogen and oxygen atoms in total. The van der Waals surface area contributed by atoms with Crippen molar-refractivity contribution >= 4 is 47.0 Å². The first-order chi connectivity index (χ1) is 24.0. The average Bonchev–Trinajstić information content (AvgIpc) is 3.32. The zero-order chi connectivity index (χ0) is 36.1. The number of benzene rings is 2. The highest BCUT2D eigenvalue weighted by Gasteiger charge is 2.50. The molecule has 270 valence electrons. The van der Waals surface area contributed by atoms with Crippen molar-refractivity contribution in [3.8, 4) is 0 Å². The van der Waals surface area contributed by atoms with Crippen molar-refractivity contribution in [1.29, 1.82) is 0 Å². The number of aliphatic carboxylic acids is 2. The SMILES string of the molecule is C=C1N(CCCCCCCCCC)C(=O)OC12CCN(CCCN1c3ccccc3Sc3ccc(C(C)=O)cc31)CC2.O=C(O)/C=C\C(=O)O. The largest absolute Gasteiger partial charge is 0.478 e. The molecule has 11 heteroatoms. The highest BCUT2D eigenvalue weighted by atomic mass is 32.2. The van der Waals surface area contributed by atoms with Crippen LogP contribution in [-0.4, -0.2) is 82.2 Å². The van der Waals surface area contributed by atoms with Crippen molar-refractivity contribution < 1.29 is 34.1 Å². The Morgan fingerprint density at radius 3 is 2.06 bits per heavy atom. The van der Waals surface area contributed by atoms with Crippen LogP contribution in [0.25, 0.3) is 0 Å². The van der Waals surface area contributed by atoms with Crippen molar-refractivity contribution in [2.75, 3.05) is 37.6 Å². The molecule has 0 atom stereocenters. The van der Waals surface area contributed by atoms with Crippen LogP contribution in [-0.2, 0) is 14.3 Å². The summed E-state index contributed by atoms with van der Waals surface area (Å²) in [5.74, 6) is -2.42. The molecule has 3 aliphatic rings. The summed E-state index contributed by atoms with van der Waals surface area (Å²) in [6, 6.07) is 14.6. The van der Waals surface area contributed by atoms with Gasteiger partial charge in [-0.1, -0.05) is 88.4 Å². The molecular weight excluding hydrogens is 655 g/mol. The van der Waals surface area contributed by atoms with Crippen LogP contribution in [0.5, 0.6) is 0 Å². The number of carboxylic acid groups (broad SMARTS) is 2. The number of ether oxygens (including phenoxy) is 1. The van der Waals surface area contributed by atoms with Crippen LogP contribution in [0, 0.1) is 0 Å². The fourth-order valence-corrected chi connectivity index (χ4v) is 7.76. The summed E-state index contributed by atoms with van der Waals surface area (Å²) < 4.78 is 6.02. The third kappa shape index (κ3) is 10.5. The lowest BCUT2D eigenvalue weighted by atomic mass is 9.88. The van der Waals surface area contributed by atoms with E-state index in [1.165, 1.54) is 54.0 Å². The predicted molar refractivity (Wildman–Crippen MR) is 196 cm³/mol. The topological polar surface area (TPSA) is 128 Å². The first-order valence-electron chi connectivity index (χ1n) is 17.8. The summed E-state index contributed by atoms with van der Waals surface area (Å²) in [7, 11) is 0. The number of fused-ring (bicyclic) bond motifs is 2. The molecule has 0 saturated carbocycles. The summed E-state index contributed by atoms with van der Waals surface area (Å²) >= 11 is 1.77. The normalized spacial score (nSPS) is 16.5. The smallest absolute Gasteiger partial charge is 0.415 e. The minimum atomic E-state index is -1.26. The zero-order valence-corrected chi connectivity index (χ0v) is 30.2. The van der Waals surface area contributed by atoms with Crippen molar-refractivity contribution in [2.24, 2.45) is 0 Å². The number of carbonyl (C=O) groups excluding carboxylic acids is 2. The fourth-order valence-electron chi connectivity index (χ4n) is 6.68. The van der Waals surface area contributed by atoms with Gasteiger partial charge in [0, 0.05) is 66.5 Å². The standard InChI is InChI=1S/C35H47N3O3S.C4H4O4/c1-4-5-6-7-8-9-10-13-22-37-28(3)35(41-34(37)40)19-24-36(25-20-35)21-14-23-38-30-15-11-12-16-32(30)42-33-18-17-29(27(2)39)26-31(33)38;5-3(6)1-2-4(7)8/h11-12,15-18,26H,3-10,13-14,19-25H2,1-2H3;1-2H,(H,5,6)(H,7,8)/b;2-1-. The summed E-state index contributed by atoms with van der Waals surface area (Å²) in [6.45, 7) is 12.6. The first kappa shape index (κ1) is 38.7. The second-order valence-electron chi connectivity index (χ2n) is 13.1. The van der Waals surface area contributed by atoms with E-state index in [9.17, 15) is 19.2 Å². The molecular formula is C39H51N3O7S. The predicted octanol–water partition coefficient (Wildman–Crippen LogP) is 8.54. The summed E-state index contributed by atoms with van der Waals surface area (Å²) in [6.07, 6.45) is 13.5. The van der Waals surface area contributed by atoms with Crippen molar-refractivity contribution in [2.45, 2.75) is 99.9 Å². The molecule has 5 rings (SSSR count). The molecule has 0 aliphatic carbocycles. The van der Waals surface area contributed by atoms with Gasteiger partial charge in [-0.2, -0.15) is 0 Å². The van der Waals surface area contributed by atoms with Gasteiger partial charge in [0.05, 0.1) is 17.1 Å². The third-order valence-corrected chi connectivity index (χ3v) is 10.6. The van der Waals surface area contributed by atoms with Crippen LogP contribution in [0.2, 0.25) is 0 Å². The van der Waals surface area contributed by atoms with Crippen molar-refractivity contribution in [3.05, 3.63) is 72.5 Å². The lowest BCUT2D eigenvalue weighted by Crippen LogP contribution is -2.46. The Kier molecular flexibility index (Phi) is 14.5. The molecule has 50 heavy (non-hydrogen) atoms. The molecule has 2 saturated heterocycles. The molecule has 3 heterocycles.